The van der Waals surface area contributed by atoms with Crippen molar-refractivity contribution in [1.82, 2.24) is 5.43 Å². The summed E-state index contributed by atoms with van der Waals surface area (Å²) in [6, 6.07) is 14.1. The lowest BCUT2D eigenvalue weighted by Gasteiger charge is -2.13. The zero-order chi connectivity index (χ0) is 16.8. The van der Waals surface area contributed by atoms with Gasteiger partial charge in [-0.15, -0.1) is 0 Å². The van der Waals surface area contributed by atoms with Crippen molar-refractivity contribution in [2.24, 2.45) is 5.84 Å². The summed E-state index contributed by atoms with van der Waals surface area (Å²) in [4.78, 5) is 23.4. The number of anilines is 1. The van der Waals surface area contributed by atoms with Gasteiger partial charge >= 0.3 is 0 Å². The van der Waals surface area contributed by atoms with Gasteiger partial charge in [-0.25, -0.2) is 5.84 Å². The summed E-state index contributed by atoms with van der Waals surface area (Å²) < 4.78 is 5.41. The fourth-order valence-corrected chi connectivity index (χ4v) is 1.90. The zero-order valence-electron chi connectivity index (χ0n) is 13.0. The molecule has 1 atom stereocenters. The molecule has 0 radical (unpaired) electrons. The lowest BCUT2D eigenvalue weighted by atomic mass is 10.2. The van der Waals surface area contributed by atoms with Gasteiger partial charge in [0.25, 0.3) is 11.8 Å². The monoisotopic (exact) mass is 313 g/mol. The van der Waals surface area contributed by atoms with E-state index in [-0.39, 0.29) is 5.91 Å². The van der Waals surface area contributed by atoms with E-state index in [2.05, 4.69) is 5.32 Å². The van der Waals surface area contributed by atoms with Crippen molar-refractivity contribution in [3.63, 3.8) is 0 Å². The molecule has 0 bridgehead atoms. The number of aryl methyl sites for hydroxylation is 1. The van der Waals surface area contributed by atoms with E-state index in [1.165, 1.54) is 0 Å². The predicted octanol–water partition coefficient (Wildman–Crippen LogP) is 2.00. The van der Waals surface area contributed by atoms with Crippen molar-refractivity contribution in [3.8, 4) is 5.75 Å². The van der Waals surface area contributed by atoms with E-state index in [4.69, 9.17) is 10.6 Å². The van der Waals surface area contributed by atoms with Gasteiger partial charge in [0, 0.05) is 11.3 Å². The SMILES string of the molecule is Cc1ccc(NC(=O)c2ccc(OC(C)C(=O)NN)cc2)cc1. The van der Waals surface area contributed by atoms with Crippen LogP contribution in [-0.4, -0.2) is 17.9 Å². The maximum atomic E-state index is 12.2. The van der Waals surface area contributed by atoms with Crippen LogP contribution in [0.1, 0.15) is 22.8 Å². The fourth-order valence-electron chi connectivity index (χ4n) is 1.90. The zero-order valence-corrected chi connectivity index (χ0v) is 13.0. The number of carbonyl (C=O) groups excluding carboxylic acids is 2. The molecule has 23 heavy (non-hydrogen) atoms. The molecule has 6 nitrogen and oxygen atoms in total. The Balaban J connectivity index is 1.99. The first kappa shape index (κ1) is 16.5. The van der Waals surface area contributed by atoms with E-state index in [1.807, 2.05) is 36.6 Å². The second-order valence-corrected chi connectivity index (χ2v) is 5.11. The smallest absolute Gasteiger partial charge is 0.274 e. The number of nitrogens with two attached hydrogens (primary N) is 1. The largest absolute Gasteiger partial charge is 0.481 e. The van der Waals surface area contributed by atoms with Crippen LogP contribution in [0.15, 0.2) is 48.5 Å². The van der Waals surface area contributed by atoms with Gasteiger partial charge in [0.2, 0.25) is 0 Å². The number of hydrogen-bond acceptors (Lipinski definition) is 4. The van der Waals surface area contributed by atoms with Gasteiger partial charge in [0.05, 0.1) is 0 Å². The summed E-state index contributed by atoms with van der Waals surface area (Å²) in [7, 11) is 0. The summed E-state index contributed by atoms with van der Waals surface area (Å²) in [5.41, 5.74) is 4.37. The lowest BCUT2D eigenvalue weighted by Crippen LogP contribution is -2.40. The molecule has 0 aliphatic heterocycles. The Morgan fingerprint density at radius 3 is 2.22 bits per heavy atom. The van der Waals surface area contributed by atoms with E-state index in [0.29, 0.717) is 11.3 Å². The van der Waals surface area contributed by atoms with Gasteiger partial charge in [-0.05, 0) is 50.2 Å². The Hall–Kier alpha value is -2.86. The molecule has 0 spiro atoms. The van der Waals surface area contributed by atoms with Crippen molar-refractivity contribution < 1.29 is 14.3 Å². The highest BCUT2D eigenvalue weighted by Gasteiger charge is 2.13. The quantitative estimate of drug-likeness (QED) is 0.447. The van der Waals surface area contributed by atoms with Crippen LogP contribution >= 0.6 is 0 Å². The Morgan fingerprint density at radius 2 is 1.65 bits per heavy atom. The van der Waals surface area contributed by atoms with E-state index < -0.39 is 12.0 Å². The Bertz CT molecular complexity index is 681. The number of carbonyl (C=O) groups is 2. The van der Waals surface area contributed by atoms with Crippen molar-refractivity contribution >= 4 is 17.5 Å². The first-order chi connectivity index (χ1) is 11.0. The topological polar surface area (TPSA) is 93.4 Å². The minimum Gasteiger partial charge on any atom is -0.481 e. The van der Waals surface area contributed by atoms with E-state index >= 15 is 0 Å². The van der Waals surface area contributed by atoms with Crippen LogP contribution in [-0.2, 0) is 4.79 Å². The van der Waals surface area contributed by atoms with Crippen molar-refractivity contribution in [3.05, 3.63) is 59.7 Å². The summed E-state index contributed by atoms with van der Waals surface area (Å²) in [5.74, 6) is 4.88. The van der Waals surface area contributed by atoms with Crippen LogP contribution in [0.25, 0.3) is 0 Å². The van der Waals surface area contributed by atoms with Crippen LogP contribution < -0.4 is 21.3 Å². The highest BCUT2D eigenvalue weighted by Crippen LogP contribution is 2.16. The summed E-state index contributed by atoms with van der Waals surface area (Å²) in [6.45, 7) is 3.57. The average Bonchev–Trinajstić information content (AvgIpc) is 2.56. The molecular formula is C17H19N3O3. The van der Waals surface area contributed by atoms with Crippen LogP contribution in [0.5, 0.6) is 5.75 Å². The summed E-state index contributed by atoms with van der Waals surface area (Å²) in [5, 5.41) is 2.81. The van der Waals surface area contributed by atoms with Crippen LogP contribution in [0.4, 0.5) is 5.69 Å². The number of hydrogen-bond donors (Lipinski definition) is 3. The molecule has 0 saturated carbocycles. The van der Waals surface area contributed by atoms with E-state index in [9.17, 15) is 9.59 Å². The molecule has 1 unspecified atom stereocenters. The average molecular weight is 313 g/mol. The maximum Gasteiger partial charge on any atom is 0.274 e. The number of hydrazine groups is 1. The number of nitrogens with one attached hydrogen (secondary N) is 2. The third-order valence-corrected chi connectivity index (χ3v) is 3.25. The van der Waals surface area contributed by atoms with Gasteiger partial charge in [-0.1, -0.05) is 17.7 Å². The Kier molecular flexibility index (Phi) is 5.32. The van der Waals surface area contributed by atoms with Crippen molar-refractivity contribution in [2.45, 2.75) is 20.0 Å². The first-order valence-corrected chi connectivity index (χ1v) is 7.15. The second-order valence-electron chi connectivity index (χ2n) is 5.11. The van der Waals surface area contributed by atoms with E-state index in [0.717, 1.165) is 11.3 Å². The van der Waals surface area contributed by atoms with Crippen LogP contribution in [0.3, 0.4) is 0 Å². The normalized spacial score (nSPS) is 11.4. The van der Waals surface area contributed by atoms with Crippen molar-refractivity contribution in [2.75, 3.05) is 5.32 Å². The third kappa shape index (κ3) is 4.55. The lowest BCUT2D eigenvalue weighted by molar-refractivity contribution is -0.127. The van der Waals surface area contributed by atoms with Gasteiger partial charge in [-0.3, -0.25) is 15.0 Å². The molecule has 0 aromatic heterocycles. The number of amides is 2. The van der Waals surface area contributed by atoms with Gasteiger partial charge in [0.1, 0.15) is 5.75 Å². The molecule has 120 valence electrons. The Morgan fingerprint density at radius 1 is 1.04 bits per heavy atom. The third-order valence-electron chi connectivity index (χ3n) is 3.25. The predicted molar refractivity (Wildman–Crippen MR) is 88.0 cm³/mol. The van der Waals surface area contributed by atoms with Crippen LogP contribution in [0.2, 0.25) is 0 Å². The van der Waals surface area contributed by atoms with Gasteiger partial charge < -0.3 is 10.1 Å². The molecule has 0 aliphatic rings. The maximum absolute atomic E-state index is 12.2. The van der Waals surface area contributed by atoms with Gasteiger partial charge in [0.15, 0.2) is 6.10 Å². The fraction of sp³-hybridized carbons (Fsp3) is 0.176. The summed E-state index contributed by atoms with van der Waals surface area (Å²) >= 11 is 0. The van der Waals surface area contributed by atoms with Crippen molar-refractivity contribution in [1.29, 1.82) is 0 Å². The van der Waals surface area contributed by atoms with Gasteiger partial charge in [-0.2, -0.15) is 0 Å². The molecule has 0 aliphatic carbocycles. The minimum absolute atomic E-state index is 0.215. The highest BCUT2D eigenvalue weighted by molar-refractivity contribution is 6.04. The van der Waals surface area contributed by atoms with E-state index in [1.54, 1.807) is 31.2 Å². The summed E-state index contributed by atoms with van der Waals surface area (Å²) in [6.07, 6.45) is -0.716. The number of benzene rings is 2. The highest BCUT2D eigenvalue weighted by atomic mass is 16.5. The molecule has 6 heteroatoms. The molecule has 4 N–H and O–H groups in total. The molecule has 2 aromatic carbocycles. The molecule has 2 rings (SSSR count). The Labute approximate surface area is 134 Å². The molecule has 2 aromatic rings. The molecule has 0 saturated heterocycles. The number of rotatable bonds is 5. The first-order valence-electron chi connectivity index (χ1n) is 7.15. The van der Waals surface area contributed by atoms with Crippen LogP contribution in [0, 0.1) is 6.92 Å². The molecule has 0 fully saturated rings. The molecule has 2 amide bonds. The standard InChI is InChI=1S/C17H19N3O3/c1-11-3-7-14(8-4-11)19-17(22)13-5-9-15(10-6-13)23-12(2)16(21)20-18/h3-10,12H,18H2,1-2H3,(H,19,22)(H,20,21). The number of ether oxygens (including phenoxy) is 1. The molecular weight excluding hydrogens is 294 g/mol. The second kappa shape index (κ2) is 7.42. The minimum atomic E-state index is -0.716. The molecule has 0 heterocycles.